The lowest BCUT2D eigenvalue weighted by molar-refractivity contribution is -0.387. The van der Waals surface area contributed by atoms with Crippen LogP contribution in [0.2, 0.25) is 0 Å². The van der Waals surface area contributed by atoms with Crippen molar-refractivity contribution in [2.45, 2.75) is 13.0 Å². The molecule has 8 heteroatoms. The topological polar surface area (TPSA) is 107 Å². The van der Waals surface area contributed by atoms with Crippen LogP contribution in [-0.4, -0.2) is 16.9 Å². The molecule has 0 aromatic heterocycles. The van der Waals surface area contributed by atoms with Crippen molar-refractivity contribution < 1.29 is 18.8 Å². The number of hydrazine groups is 1. The highest BCUT2D eigenvalue weighted by Gasteiger charge is 2.17. The van der Waals surface area contributed by atoms with Gasteiger partial charge in [-0.15, -0.1) is 0 Å². The van der Waals surface area contributed by atoms with Crippen LogP contribution in [0.15, 0.2) is 18.2 Å². The number of nitrogens with one attached hydrogen (secondary N) is 1. The molecule has 0 spiro atoms. The van der Waals surface area contributed by atoms with E-state index in [4.69, 9.17) is 10.6 Å². The molecule has 1 atom stereocenters. The maximum atomic E-state index is 13.2. The summed E-state index contributed by atoms with van der Waals surface area (Å²) in [5, 5.41) is 10.4. The number of hydrogen-bond donors (Lipinski definition) is 2. The minimum absolute atomic E-state index is 0.00389. The summed E-state index contributed by atoms with van der Waals surface area (Å²) in [6.07, 6.45) is -0.930. The number of nitro benzene ring substituents is 1. The molecule has 1 rings (SSSR count). The Labute approximate surface area is 95.5 Å². The summed E-state index contributed by atoms with van der Waals surface area (Å²) < 4.78 is 18.2. The van der Waals surface area contributed by atoms with Crippen molar-refractivity contribution in [3.63, 3.8) is 0 Å². The molecular formula is C9H10FN3O4. The van der Waals surface area contributed by atoms with Gasteiger partial charge in [0.2, 0.25) is 5.82 Å². The third-order valence-corrected chi connectivity index (χ3v) is 1.94. The van der Waals surface area contributed by atoms with Gasteiger partial charge in [-0.1, -0.05) is 0 Å². The molecule has 0 aliphatic rings. The Bertz CT molecular complexity index is 452. The van der Waals surface area contributed by atoms with Gasteiger partial charge >= 0.3 is 5.69 Å². The van der Waals surface area contributed by atoms with Crippen LogP contribution >= 0.6 is 0 Å². The normalized spacial score (nSPS) is 11.7. The Morgan fingerprint density at radius 1 is 1.65 bits per heavy atom. The quantitative estimate of drug-likeness (QED) is 0.346. The van der Waals surface area contributed by atoms with Gasteiger partial charge < -0.3 is 4.74 Å². The van der Waals surface area contributed by atoms with Crippen LogP contribution in [0.5, 0.6) is 5.75 Å². The van der Waals surface area contributed by atoms with Gasteiger partial charge in [-0.05, 0) is 13.0 Å². The molecule has 0 aliphatic carbocycles. The fourth-order valence-corrected chi connectivity index (χ4v) is 1.08. The Balaban J connectivity index is 2.84. The van der Waals surface area contributed by atoms with Gasteiger partial charge in [-0.2, -0.15) is 4.39 Å². The molecule has 7 nitrogen and oxygen atoms in total. The Kier molecular flexibility index (Phi) is 3.94. The molecule has 1 aromatic carbocycles. The van der Waals surface area contributed by atoms with E-state index in [-0.39, 0.29) is 5.75 Å². The summed E-state index contributed by atoms with van der Waals surface area (Å²) in [6, 6.07) is 2.98. The number of carbonyl (C=O) groups excluding carboxylic acids is 1. The first-order valence-electron chi connectivity index (χ1n) is 4.56. The lowest BCUT2D eigenvalue weighted by Crippen LogP contribution is -2.40. The monoisotopic (exact) mass is 243 g/mol. The number of carbonyl (C=O) groups is 1. The molecule has 92 valence electrons. The van der Waals surface area contributed by atoms with Crippen molar-refractivity contribution in [3.05, 3.63) is 34.1 Å². The smallest absolute Gasteiger partial charge is 0.305 e. The van der Waals surface area contributed by atoms with Gasteiger partial charge in [0, 0.05) is 12.1 Å². The number of hydrogen-bond acceptors (Lipinski definition) is 5. The molecule has 1 amide bonds. The van der Waals surface area contributed by atoms with Crippen molar-refractivity contribution in [2.75, 3.05) is 0 Å². The molecule has 0 saturated heterocycles. The van der Waals surface area contributed by atoms with E-state index in [9.17, 15) is 19.3 Å². The second-order valence-corrected chi connectivity index (χ2v) is 3.14. The number of nitrogens with zero attached hydrogens (tertiary/aromatic N) is 1. The fraction of sp³-hybridized carbons (Fsp3) is 0.222. The summed E-state index contributed by atoms with van der Waals surface area (Å²) in [5.41, 5.74) is 1.20. The second-order valence-electron chi connectivity index (χ2n) is 3.14. The third-order valence-electron chi connectivity index (χ3n) is 1.94. The van der Waals surface area contributed by atoms with E-state index < -0.39 is 28.4 Å². The molecule has 3 N–H and O–H groups in total. The summed E-state index contributed by atoms with van der Waals surface area (Å²) in [6.45, 7) is 1.40. The zero-order chi connectivity index (χ0) is 13.0. The van der Waals surface area contributed by atoms with Gasteiger partial charge in [0.05, 0.1) is 4.92 Å². The van der Waals surface area contributed by atoms with Crippen molar-refractivity contribution in [2.24, 2.45) is 5.84 Å². The van der Waals surface area contributed by atoms with E-state index in [1.165, 1.54) is 13.0 Å². The fourth-order valence-electron chi connectivity index (χ4n) is 1.08. The molecule has 17 heavy (non-hydrogen) atoms. The SMILES string of the molecule is CC(Oc1ccc([N+](=O)[O-])c(F)c1)C(=O)NN. The minimum atomic E-state index is -1.03. The first kappa shape index (κ1) is 12.8. The minimum Gasteiger partial charge on any atom is -0.481 e. The van der Waals surface area contributed by atoms with Gasteiger partial charge in [0.25, 0.3) is 5.91 Å². The maximum Gasteiger partial charge on any atom is 0.305 e. The first-order chi connectivity index (χ1) is 7.95. The van der Waals surface area contributed by atoms with E-state index in [2.05, 4.69) is 0 Å². The number of nitro groups is 1. The standard InChI is InChI=1S/C9H10FN3O4/c1-5(9(14)12-11)17-6-2-3-8(13(15)16)7(10)4-6/h2-5H,11H2,1H3,(H,12,14). The van der Waals surface area contributed by atoms with Gasteiger partial charge in [0.15, 0.2) is 6.10 Å². The van der Waals surface area contributed by atoms with Gasteiger partial charge in [-0.3, -0.25) is 20.3 Å². The molecule has 1 unspecified atom stereocenters. The molecule has 0 fully saturated rings. The van der Waals surface area contributed by atoms with Crippen molar-refractivity contribution in [1.29, 1.82) is 0 Å². The van der Waals surface area contributed by atoms with Crippen LogP contribution in [0, 0.1) is 15.9 Å². The Morgan fingerprint density at radius 2 is 2.29 bits per heavy atom. The molecule has 0 saturated carbocycles. The average molecular weight is 243 g/mol. The lowest BCUT2D eigenvalue weighted by atomic mass is 10.3. The van der Waals surface area contributed by atoms with E-state index >= 15 is 0 Å². The summed E-state index contributed by atoms with van der Waals surface area (Å²) in [5.74, 6) is 3.25. The summed E-state index contributed by atoms with van der Waals surface area (Å²) >= 11 is 0. The maximum absolute atomic E-state index is 13.2. The lowest BCUT2D eigenvalue weighted by Gasteiger charge is -2.12. The Morgan fingerprint density at radius 3 is 2.76 bits per heavy atom. The van der Waals surface area contributed by atoms with Gasteiger partial charge in [0.1, 0.15) is 5.75 Å². The number of rotatable bonds is 4. The predicted octanol–water partition coefficient (Wildman–Crippen LogP) is 0.491. The molecule has 1 aromatic rings. The van der Waals surface area contributed by atoms with Crippen LogP contribution in [0.25, 0.3) is 0 Å². The number of ether oxygens (including phenoxy) is 1. The molecule has 0 aliphatic heterocycles. The highest BCUT2D eigenvalue weighted by molar-refractivity contribution is 5.80. The van der Waals surface area contributed by atoms with Crippen LogP contribution in [-0.2, 0) is 4.79 Å². The Hall–Kier alpha value is -2.22. The van der Waals surface area contributed by atoms with Crippen LogP contribution in [0.3, 0.4) is 0 Å². The largest absolute Gasteiger partial charge is 0.481 e. The van der Waals surface area contributed by atoms with Crippen LogP contribution in [0.4, 0.5) is 10.1 Å². The number of nitrogens with two attached hydrogens (primary N) is 1. The number of amides is 1. The molecule has 0 bridgehead atoms. The van der Waals surface area contributed by atoms with Crippen LogP contribution in [0.1, 0.15) is 6.92 Å². The third kappa shape index (κ3) is 3.11. The molecule has 0 radical (unpaired) electrons. The zero-order valence-electron chi connectivity index (χ0n) is 8.84. The first-order valence-corrected chi connectivity index (χ1v) is 4.56. The van der Waals surface area contributed by atoms with Gasteiger partial charge in [-0.25, -0.2) is 5.84 Å². The zero-order valence-corrected chi connectivity index (χ0v) is 8.84. The van der Waals surface area contributed by atoms with E-state index in [0.29, 0.717) is 0 Å². The molecule has 0 heterocycles. The molecular weight excluding hydrogens is 233 g/mol. The van der Waals surface area contributed by atoms with E-state index in [0.717, 1.165) is 12.1 Å². The summed E-state index contributed by atoms with van der Waals surface area (Å²) in [7, 11) is 0. The predicted molar refractivity (Wildman–Crippen MR) is 55.5 cm³/mol. The summed E-state index contributed by atoms with van der Waals surface area (Å²) in [4.78, 5) is 20.5. The van der Waals surface area contributed by atoms with Crippen molar-refractivity contribution in [1.82, 2.24) is 5.43 Å². The van der Waals surface area contributed by atoms with E-state index in [1.54, 1.807) is 0 Å². The van der Waals surface area contributed by atoms with Crippen molar-refractivity contribution >= 4 is 11.6 Å². The number of benzene rings is 1. The van der Waals surface area contributed by atoms with Crippen molar-refractivity contribution in [3.8, 4) is 5.75 Å². The highest BCUT2D eigenvalue weighted by Crippen LogP contribution is 2.22. The van der Waals surface area contributed by atoms with Crippen LogP contribution < -0.4 is 16.0 Å². The number of halogens is 1. The van der Waals surface area contributed by atoms with E-state index in [1.807, 2.05) is 5.43 Å². The average Bonchev–Trinajstić information content (AvgIpc) is 2.27. The highest BCUT2D eigenvalue weighted by atomic mass is 19.1. The second kappa shape index (κ2) is 5.21.